The van der Waals surface area contributed by atoms with E-state index in [2.05, 4.69) is 13.5 Å². The number of ether oxygens (including phenoxy) is 1. The summed E-state index contributed by atoms with van der Waals surface area (Å²) in [6.45, 7) is 5.98. The van der Waals surface area contributed by atoms with Crippen LogP contribution in [-0.2, 0) is 9.53 Å². The molecule has 0 unspecified atom stereocenters. The average molecular weight is 208 g/mol. The summed E-state index contributed by atoms with van der Waals surface area (Å²) in [5, 5.41) is 14.5. The molecule has 0 fully saturated rings. The lowest BCUT2D eigenvalue weighted by Gasteiger charge is -1.99. The summed E-state index contributed by atoms with van der Waals surface area (Å²) in [6, 6.07) is 2.47. The predicted octanol–water partition coefficient (Wildman–Crippen LogP) is 2.33. The van der Waals surface area contributed by atoms with Gasteiger partial charge in [-0.1, -0.05) is 32.8 Å². The summed E-state index contributed by atoms with van der Waals surface area (Å²) in [5.74, 6) is -0.318. The van der Waals surface area contributed by atoms with E-state index < -0.39 is 0 Å². The van der Waals surface area contributed by atoms with Crippen LogP contribution in [0.25, 0.3) is 0 Å². The Morgan fingerprint density at radius 1 is 1.33 bits per heavy atom. The molecule has 4 nitrogen and oxygen atoms in total. The van der Waals surface area contributed by atoms with E-state index in [4.69, 9.17) is 15.3 Å². The zero-order valence-corrected chi connectivity index (χ0v) is 9.03. The Bertz CT molecular complexity index is 236. The molecule has 0 aliphatic heterocycles. The van der Waals surface area contributed by atoms with E-state index in [0.29, 0.717) is 6.61 Å². The molecule has 0 atom stereocenters. The minimum absolute atomic E-state index is 0.318. The van der Waals surface area contributed by atoms with Crippen LogP contribution in [0, 0.1) is 22.7 Å². The average Bonchev–Trinajstić information content (AvgIpc) is 2.28. The first-order valence-corrected chi connectivity index (χ1v) is 4.80. The Kier molecular flexibility index (Phi) is 15.3. The Labute approximate surface area is 90.8 Å². The van der Waals surface area contributed by atoms with E-state index in [9.17, 15) is 4.79 Å². The zero-order chi connectivity index (χ0) is 11.9. The van der Waals surface area contributed by atoms with Gasteiger partial charge in [0.2, 0.25) is 0 Å². The van der Waals surface area contributed by atoms with E-state index >= 15 is 0 Å². The minimum Gasteiger partial charge on any atom is -0.463 e. The second-order valence-corrected chi connectivity index (χ2v) is 2.66. The number of carbonyl (C=O) groups is 1. The van der Waals surface area contributed by atoms with Crippen molar-refractivity contribution in [2.24, 2.45) is 0 Å². The van der Waals surface area contributed by atoms with Crippen molar-refractivity contribution in [3.8, 4) is 12.1 Å². The molecule has 82 valence electrons. The van der Waals surface area contributed by atoms with E-state index in [1.807, 2.05) is 0 Å². The first kappa shape index (κ1) is 15.7. The van der Waals surface area contributed by atoms with Crippen LogP contribution in [-0.4, -0.2) is 12.6 Å². The highest BCUT2D eigenvalue weighted by molar-refractivity contribution is 5.81. The van der Waals surface area contributed by atoms with Crippen molar-refractivity contribution in [1.29, 1.82) is 10.5 Å². The largest absolute Gasteiger partial charge is 0.463 e. The van der Waals surface area contributed by atoms with Crippen LogP contribution in [0.5, 0.6) is 0 Å². The Morgan fingerprint density at radius 2 is 1.93 bits per heavy atom. The van der Waals surface area contributed by atoms with Gasteiger partial charge in [-0.2, -0.15) is 10.5 Å². The van der Waals surface area contributed by atoms with Crippen LogP contribution in [0.3, 0.4) is 0 Å². The smallest absolute Gasteiger partial charge is 0.330 e. The SMILES string of the molecule is C=CC(=O)OCCCCCC.N#CC#N. The fraction of sp³-hybridized carbons (Fsp3) is 0.545. The molecule has 0 aromatic rings. The normalized spacial score (nSPS) is 7.40. The van der Waals surface area contributed by atoms with Crippen LogP contribution in [0.15, 0.2) is 12.7 Å². The van der Waals surface area contributed by atoms with Gasteiger partial charge < -0.3 is 4.74 Å². The molecule has 0 bridgehead atoms. The maximum Gasteiger partial charge on any atom is 0.330 e. The van der Waals surface area contributed by atoms with Crippen LogP contribution in [0.1, 0.15) is 32.6 Å². The van der Waals surface area contributed by atoms with Crippen molar-refractivity contribution in [1.82, 2.24) is 0 Å². The topological polar surface area (TPSA) is 73.9 Å². The molecule has 0 saturated heterocycles. The highest BCUT2D eigenvalue weighted by Crippen LogP contribution is 1.98. The minimum atomic E-state index is -0.318. The van der Waals surface area contributed by atoms with Crippen molar-refractivity contribution in [3.05, 3.63) is 12.7 Å². The first-order valence-electron chi connectivity index (χ1n) is 4.80. The number of hydrogen-bond acceptors (Lipinski definition) is 4. The molecule has 15 heavy (non-hydrogen) atoms. The first-order chi connectivity index (χ1) is 7.22. The van der Waals surface area contributed by atoms with Crippen LogP contribution in [0.2, 0.25) is 0 Å². The fourth-order valence-electron chi connectivity index (χ4n) is 0.761. The van der Waals surface area contributed by atoms with Crippen molar-refractivity contribution in [3.63, 3.8) is 0 Å². The molecule has 0 aliphatic carbocycles. The summed E-state index contributed by atoms with van der Waals surface area (Å²) in [4.78, 5) is 10.5. The molecule has 0 aromatic heterocycles. The third-order valence-electron chi connectivity index (χ3n) is 1.46. The number of esters is 1. The molecule has 0 radical (unpaired) electrons. The van der Waals surface area contributed by atoms with Gasteiger partial charge in [0, 0.05) is 6.08 Å². The lowest BCUT2D eigenvalue weighted by molar-refractivity contribution is -0.137. The summed E-state index contributed by atoms with van der Waals surface area (Å²) in [7, 11) is 0. The molecular weight excluding hydrogens is 192 g/mol. The molecule has 0 spiro atoms. The third-order valence-corrected chi connectivity index (χ3v) is 1.46. The monoisotopic (exact) mass is 208 g/mol. The predicted molar refractivity (Wildman–Crippen MR) is 56.5 cm³/mol. The van der Waals surface area contributed by atoms with Gasteiger partial charge in [0.25, 0.3) is 0 Å². The van der Waals surface area contributed by atoms with Crippen LogP contribution in [0.4, 0.5) is 0 Å². The number of unbranched alkanes of at least 4 members (excludes halogenated alkanes) is 3. The quantitative estimate of drug-likeness (QED) is 0.381. The van der Waals surface area contributed by atoms with Gasteiger partial charge in [-0.25, -0.2) is 4.79 Å². The number of rotatable bonds is 6. The Hall–Kier alpha value is -1.81. The van der Waals surface area contributed by atoms with Crippen molar-refractivity contribution < 1.29 is 9.53 Å². The number of hydrogen-bond donors (Lipinski definition) is 0. The lowest BCUT2D eigenvalue weighted by Crippen LogP contribution is -2.01. The van der Waals surface area contributed by atoms with E-state index in [1.54, 1.807) is 0 Å². The van der Waals surface area contributed by atoms with Gasteiger partial charge in [0.1, 0.15) is 0 Å². The molecule has 0 amide bonds. The van der Waals surface area contributed by atoms with Gasteiger partial charge in [0.05, 0.1) is 6.61 Å². The summed E-state index contributed by atoms with van der Waals surface area (Å²) < 4.78 is 4.78. The molecule has 0 aromatic carbocycles. The maximum atomic E-state index is 10.5. The van der Waals surface area contributed by atoms with Gasteiger partial charge in [0.15, 0.2) is 12.1 Å². The van der Waals surface area contributed by atoms with Gasteiger partial charge in [-0.15, -0.1) is 0 Å². The van der Waals surface area contributed by atoms with Crippen molar-refractivity contribution >= 4 is 5.97 Å². The third kappa shape index (κ3) is 18.9. The summed E-state index contributed by atoms with van der Waals surface area (Å²) in [6.07, 6.45) is 5.72. The van der Waals surface area contributed by atoms with Crippen molar-refractivity contribution in [2.45, 2.75) is 32.6 Å². The number of carbonyl (C=O) groups excluding carboxylic acids is 1. The summed E-state index contributed by atoms with van der Waals surface area (Å²) in [5.41, 5.74) is 0. The van der Waals surface area contributed by atoms with Gasteiger partial charge >= 0.3 is 5.97 Å². The van der Waals surface area contributed by atoms with E-state index in [0.717, 1.165) is 12.8 Å². The van der Waals surface area contributed by atoms with E-state index in [-0.39, 0.29) is 5.97 Å². The molecule has 0 N–H and O–H groups in total. The number of nitriles is 2. The summed E-state index contributed by atoms with van der Waals surface area (Å²) >= 11 is 0. The molecular formula is C11H16N2O2. The lowest BCUT2D eigenvalue weighted by atomic mass is 10.2. The number of nitrogens with zero attached hydrogens (tertiary/aromatic N) is 2. The Balaban J connectivity index is 0. The second-order valence-electron chi connectivity index (χ2n) is 2.66. The van der Waals surface area contributed by atoms with E-state index in [1.165, 1.54) is 31.1 Å². The Morgan fingerprint density at radius 3 is 2.33 bits per heavy atom. The molecule has 0 rings (SSSR count). The van der Waals surface area contributed by atoms with Crippen molar-refractivity contribution in [2.75, 3.05) is 6.61 Å². The molecule has 0 saturated carbocycles. The highest BCUT2D eigenvalue weighted by Gasteiger charge is 1.93. The zero-order valence-electron chi connectivity index (χ0n) is 9.03. The maximum absolute atomic E-state index is 10.5. The van der Waals surface area contributed by atoms with Gasteiger partial charge in [-0.3, -0.25) is 0 Å². The standard InChI is InChI=1S/C9H16O2.C2N2/c1-3-5-6-7-8-11-9(10)4-2;3-1-2-4/h4H,2-3,5-8H2,1H3;. The fourth-order valence-corrected chi connectivity index (χ4v) is 0.761. The molecule has 4 heteroatoms. The van der Waals surface area contributed by atoms with Crippen LogP contribution >= 0.6 is 0 Å². The molecule has 0 heterocycles. The molecule has 0 aliphatic rings. The highest BCUT2D eigenvalue weighted by atomic mass is 16.5. The van der Waals surface area contributed by atoms with Gasteiger partial charge in [-0.05, 0) is 6.42 Å². The second kappa shape index (κ2) is 14.7. The van der Waals surface area contributed by atoms with Crippen LogP contribution < -0.4 is 0 Å².